The number of hydrogen-bond donors (Lipinski definition) is 1. The van der Waals surface area contributed by atoms with E-state index in [0.29, 0.717) is 5.75 Å². The van der Waals surface area contributed by atoms with Gasteiger partial charge in [0.15, 0.2) is 0 Å². The number of rotatable bonds is 7. The molecule has 1 aliphatic heterocycles. The van der Waals surface area contributed by atoms with E-state index >= 15 is 0 Å². The zero-order valence-corrected chi connectivity index (χ0v) is 14.2. The number of allylic oxidation sites excluding steroid dienone is 1. The van der Waals surface area contributed by atoms with E-state index in [1.54, 1.807) is 0 Å². The normalized spacial score (nSPS) is 22.3. The first-order valence-electron chi connectivity index (χ1n) is 5.87. The Kier molecular flexibility index (Phi) is 8.65. The minimum atomic E-state index is -1.26. The second kappa shape index (κ2) is 8.79. The van der Waals surface area contributed by atoms with Gasteiger partial charge in [-0.3, -0.25) is 10.1 Å². The predicted molar refractivity (Wildman–Crippen MR) is 70.5 cm³/mol. The number of carbonyl (C=O) groups excluding carboxylic acids is 2. The van der Waals surface area contributed by atoms with E-state index in [4.69, 9.17) is 0 Å². The number of nitrogens with zero attached hydrogens (tertiary/aromatic N) is 1. The minimum Gasteiger partial charge on any atom is -0.861 e. The van der Waals surface area contributed by atoms with Crippen molar-refractivity contribution < 1.29 is 44.3 Å². The van der Waals surface area contributed by atoms with E-state index in [1.165, 1.54) is 17.8 Å². The average molecular weight is 292 g/mol. The van der Waals surface area contributed by atoms with Gasteiger partial charge in [-0.2, -0.15) is 11.8 Å². The maximum absolute atomic E-state index is 11.9. The summed E-state index contributed by atoms with van der Waals surface area (Å²) in [6.45, 7) is 5.64. The maximum atomic E-state index is 11.9. The predicted octanol–water partition coefficient (Wildman–Crippen LogP) is -1.91. The van der Waals surface area contributed by atoms with Gasteiger partial charge >= 0.3 is 35.6 Å². The van der Waals surface area contributed by atoms with Crippen LogP contribution in [0.2, 0.25) is 0 Å². The summed E-state index contributed by atoms with van der Waals surface area (Å²) in [5.41, 5.74) is -1.26. The Balaban J connectivity index is 0.00000324. The van der Waals surface area contributed by atoms with Crippen molar-refractivity contribution >= 4 is 29.6 Å². The van der Waals surface area contributed by atoms with Crippen molar-refractivity contribution in [2.45, 2.75) is 26.2 Å². The second-order valence-electron chi connectivity index (χ2n) is 4.16. The molecule has 0 aromatic heterocycles. The van der Waals surface area contributed by atoms with Crippen LogP contribution in [0.3, 0.4) is 0 Å². The molecule has 1 rings (SSSR count). The molecule has 1 N–H and O–H groups in total. The van der Waals surface area contributed by atoms with Gasteiger partial charge in [0.2, 0.25) is 5.91 Å². The number of thioether (sulfide) groups is 1. The maximum Gasteiger partial charge on any atom is 1.00 e. The molecule has 0 aromatic rings. The van der Waals surface area contributed by atoms with Crippen LogP contribution in [0.1, 0.15) is 26.2 Å². The van der Waals surface area contributed by atoms with Gasteiger partial charge in [-0.05, 0) is 24.5 Å². The topological polar surface area (TPSA) is 81.6 Å². The van der Waals surface area contributed by atoms with E-state index in [-0.39, 0.29) is 36.0 Å². The summed E-state index contributed by atoms with van der Waals surface area (Å²) in [4.78, 5) is 26.3. The van der Waals surface area contributed by atoms with Gasteiger partial charge in [-0.15, -0.1) is 6.58 Å². The fourth-order valence-corrected chi connectivity index (χ4v) is 3.00. The molecule has 0 aliphatic carbocycles. The smallest absolute Gasteiger partial charge is 0.861 e. The minimum absolute atomic E-state index is 0. The summed E-state index contributed by atoms with van der Waals surface area (Å²) in [6, 6.07) is -0.872. The molecular formula is C12H17N2NaO3S. The second-order valence-corrected chi connectivity index (χ2v) is 5.26. The zero-order chi connectivity index (χ0) is 13.6. The average Bonchev–Trinajstić information content (AvgIpc) is 2.31. The molecule has 100 valence electrons. The first-order chi connectivity index (χ1) is 8.56. The molecule has 1 aliphatic rings. The molecule has 0 spiro atoms. The van der Waals surface area contributed by atoms with Crippen molar-refractivity contribution in [3.05, 3.63) is 12.7 Å². The Morgan fingerprint density at radius 1 is 1.53 bits per heavy atom. The van der Waals surface area contributed by atoms with Crippen LogP contribution < -0.4 is 40.0 Å². The van der Waals surface area contributed by atoms with Crippen LogP contribution in [0.15, 0.2) is 17.6 Å². The van der Waals surface area contributed by atoms with Gasteiger partial charge in [-0.1, -0.05) is 19.4 Å². The molecule has 1 heterocycles. The number of nitrogens with one attached hydrogen (secondary N) is 1. The SMILES string of the molecule is C=CCC1(CSCCCC)C(=O)NC(=O)N=C1[O-].[Na+]. The monoisotopic (exact) mass is 292 g/mol. The summed E-state index contributed by atoms with van der Waals surface area (Å²) in [7, 11) is 0. The van der Waals surface area contributed by atoms with Crippen LogP contribution >= 0.6 is 11.8 Å². The largest absolute Gasteiger partial charge is 1.00 e. The van der Waals surface area contributed by atoms with Crippen molar-refractivity contribution in [1.82, 2.24) is 5.32 Å². The standard InChI is InChI=1S/C12H18N2O3S.Na/c1-3-5-7-18-8-12(6-4-2)9(15)13-11(17)14-10(12)16;/h4H,2-3,5-8H2,1H3,(H2,13,14,15,16,17);/q;+1/p-1. The fraction of sp³-hybridized carbons (Fsp3) is 0.583. The summed E-state index contributed by atoms with van der Waals surface area (Å²) in [6.07, 6.45) is 3.81. The Hall–Kier alpha value is -0.300. The van der Waals surface area contributed by atoms with Crippen molar-refractivity contribution in [3.8, 4) is 0 Å². The summed E-state index contributed by atoms with van der Waals surface area (Å²) < 4.78 is 0. The van der Waals surface area contributed by atoms with Crippen LogP contribution in [0.4, 0.5) is 4.79 Å². The van der Waals surface area contributed by atoms with E-state index in [2.05, 4.69) is 23.8 Å². The summed E-state index contributed by atoms with van der Waals surface area (Å²) in [5, 5.41) is 14.0. The van der Waals surface area contributed by atoms with Gasteiger partial charge in [0.25, 0.3) is 0 Å². The van der Waals surface area contributed by atoms with Crippen molar-refractivity contribution in [1.29, 1.82) is 0 Å². The van der Waals surface area contributed by atoms with Gasteiger partial charge in [0, 0.05) is 5.75 Å². The van der Waals surface area contributed by atoms with Crippen LogP contribution in [-0.2, 0) is 4.79 Å². The molecule has 1 atom stereocenters. The van der Waals surface area contributed by atoms with Crippen LogP contribution in [0, 0.1) is 5.41 Å². The molecule has 0 saturated carbocycles. The van der Waals surface area contributed by atoms with Gasteiger partial charge in [0.05, 0.1) is 5.41 Å². The number of carbonyl (C=O) groups is 2. The van der Waals surface area contributed by atoms with E-state index in [0.717, 1.165) is 18.6 Å². The van der Waals surface area contributed by atoms with Gasteiger partial charge in [0.1, 0.15) is 0 Å². The molecule has 5 nitrogen and oxygen atoms in total. The van der Waals surface area contributed by atoms with Gasteiger partial charge in [-0.25, -0.2) is 9.79 Å². The summed E-state index contributed by atoms with van der Waals surface area (Å²) >= 11 is 1.53. The number of urea groups is 1. The first kappa shape index (κ1) is 18.7. The zero-order valence-electron chi connectivity index (χ0n) is 11.4. The molecule has 0 saturated heterocycles. The molecular weight excluding hydrogens is 275 g/mol. The molecule has 19 heavy (non-hydrogen) atoms. The Morgan fingerprint density at radius 2 is 2.21 bits per heavy atom. The van der Waals surface area contributed by atoms with Crippen LogP contribution in [-0.4, -0.2) is 29.3 Å². The first-order valence-corrected chi connectivity index (χ1v) is 7.02. The molecule has 7 heteroatoms. The third-order valence-corrected chi connectivity index (χ3v) is 4.03. The number of amides is 3. The van der Waals surface area contributed by atoms with Crippen LogP contribution in [0.25, 0.3) is 0 Å². The van der Waals surface area contributed by atoms with Crippen LogP contribution in [0.5, 0.6) is 0 Å². The number of imide groups is 1. The Bertz CT molecular complexity index is 387. The Morgan fingerprint density at radius 3 is 2.74 bits per heavy atom. The molecule has 0 bridgehead atoms. The quantitative estimate of drug-likeness (QED) is 0.337. The third kappa shape index (κ3) is 4.63. The van der Waals surface area contributed by atoms with E-state index < -0.39 is 23.3 Å². The third-order valence-electron chi connectivity index (χ3n) is 2.75. The Labute approximate surface area is 139 Å². The van der Waals surface area contributed by atoms with Gasteiger partial charge < -0.3 is 5.11 Å². The molecule has 0 fully saturated rings. The number of aliphatic imine (C=N–C) groups is 1. The fourth-order valence-electron chi connectivity index (χ4n) is 1.65. The molecule has 0 radical (unpaired) electrons. The van der Waals surface area contributed by atoms with E-state index in [9.17, 15) is 14.7 Å². The van der Waals surface area contributed by atoms with E-state index in [1.807, 2.05) is 0 Å². The summed E-state index contributed by atoms with van der Waals surface area (Å²) in [5.74, 6) is 0.00113. The van der Waals surface area contributed by atoms with Crippen molar-refractivity contribution in [3.63, 3.8) is 0 Å². The van der Waals surface area contributed by atoms with Crippen molar-refractivity contribution in [2.75, 3.05) is 11.5 Å². The molecule has 1 unspecified atom stereocenters. The van der Waals surface area contributed by atoms with Crippen molar-refractivity contribution in [2.24, 2.45) is 10.4 Å². The number of hydrogen-bond acceptors (Lipinski definition) is 4. The number of unbranched alkanes of at least 4 members (excludes halogenated alkanes) is 1. The molecule has 3 amide bonds. The molecule has 0 aromatic carbocycles.